The van der Waals surface area contributed by atoms with Crippen LogP contribution in [0.15, 0.2) is 11.7 Å². The molecular weight excluding hydrogens is 248 g/mol. The SMILES string of the molecule is [2H]Cc1c(CCO[2H])sc([2H])[n+]1Cc1cnc(C)nc1N. The van der Waals surface area contributed by atoms with E-state index in [1.165, 1.54) is 11.3 Å². The number of hydrogen-bond acceptors (Lipinski definition) is 5. The van der Waals surface area contributed by atoms with Crippen molar-refractivity contribution in [3.8, 4) is 0 Å². The predicted octanol–water partition coefficient (Wildman–Crippen LogP) is 0.608. The van der Waals surface area contributed by atoms with Crippen molar-refractivity contribution in [2.24, 2.45) is 0 Å². The highest BCUT2D eigenvalue weighted by Gasteiger charge is 2.16. The van der Waals surface area contributed by atoms with Crippen LogP contribution in [0.1, 0.15) is 24.7 Å². The summed E-state index contributed by atoms with van der Waals surface area (Å²) in [7, 11) is 0. The summed E-state index contributed by atoms with van der Waals surface area (Å²) >= 11 is 1.30. The molecule has 3 N–H and O–H groups in total. The van der Waals surface area contributed by atoms with Crippen LogP contribution in [0.3, 0.4) is 0 Å². The molecule has 96 valence electrons. The zero-order valence-corrected chi connectivity index (χ0v) is 11.0. The molecule has 0 saturated carbocycles. The Morgan fingerprint density at radius 3 is 3.33 bits per heavy atom. The van der Waals surface area contributed by atoms with E-state index in [0.29, 0.717) is 30.1 Å². The lowest BCUT2D eigenvalue weighted by atomic mass is 10.2. The highest BCUT2D eigenvalue weighted by atomic mass is 32.1. The summed E-state index contributed by atoms with van der Waals surface area (Å²) in [5.41, 5.74) is 7.71. The maximum atomic E-state index is 8.06. The van der Waals surface area contributed by atoms with Crippen molar-refractivity contribution < 1.29 is 12.4 Å². The van der Waals surface area contributed by atoms with Crippen LogP contribution in [0, 0.1) is 13.8 Å². The van der Waals surface area contributed by atoms with Crippen LogP contribution >= 0.6 is 11.3 Å². The monoisotopic (exact) mass is 268 g/mol. The lowest BCUT2D eigenvalue weighted by molar-refractivity contribution is -0.689. The van der Waals surface area contributed by atoms with Gasteiger partial charge in [-0.2, -0.15) is 4.57 Å². The lowest BCUT2D eigenvalue weighted by Crippen LogP contribution is -2.35. The molecule has 0 aliphatic carbocycles. The molecule has 0 aromatic carbocycles. The number of thiazole rings is 1. The van der Waals surface area contributed by atoms with Gasteiger partial charge < -0.3 is 10.8 Å². The minimum atomic E-state index is 0.0648. The maximum Gasteiger partial charge on any atom is 0.225 e. The molecule has 5 nitrogen and oxygen atoms in total. The third kappa shape index (κ3) is 2.65. The van der Waals surface area contributed by atoms with Gasteiger partial charge in [-0.1, -0.05) is 11.3 Å². The number of hydrogen-bond donors (Lipinski definition) is 2. The van der Waals surface area contributed by atoms with Gasteiger partial charge in [0, 0.05) is 27.5 Å². The van der Waals surface area contributed by atoms with E-state index in [9.17, 15) is 0 Å². The van der Waals surface area contributed by atoms with Crippen LogP contribution in [0.4, 0.5) is 5.82 Å². The highest BCUT2D eigenvalue weighted by Crippen LogP contribution is 2.13. The Hall–Kier alpha value is -1.53. The number of anilines is 1. The molecule has 0 aliphatic heterocycles. The molecule has 18 heavy (non-hydrogen) atoms. The topological polar surface area (TPSA) is 75.9 Å². The Morgan fingerprint density at radius 1 is 1.72 bits per heavy atom. The van der Waals surface area contributed by atoms with Gasteiger partial charge in [0.25, 0.3) is 0 Å². The van der Waals surface area contributed by atoms with Crippen molar-refractivity contribution in [3.05, 3.63) is 33.6 Å². The van der Waals surface area contributed by atoms with E-state index in [-0.39, 0.29) is 13.5 Å². The smallest absolute Gasteiger partial charge is 0.225 e. The van der Waals surface area contributed by atoms with Crippen molar-refractivity contribution in [1.82, 2.24) is 9.97 Å². The summed E-state index contributed by atoms with van der Waals surface area (Å²) in [4.78, 5) is 9.14. The van der Waals surface area contributed by atoms with E-state index in [1.54, 1.807) is 17.7 Å². The summed E-state index contributed by atoms with van der Waals surface area (Å²) in [6, 6.07) is 0. The maximum absolute atomic E-state index is 8.06. The fourth-order valence-corrected chi connectivity index (χ4v) is 2.40. The zero-order valence-electron chi connectivity index (χ0n) is 13.1. The first kappa shape index (κ1) is 9.41. The summed E-state index contributed by atoms with van der Waals surface area (Å²) in [5, 5.41) is 4.33. The van der Waals surface area contributed by atoms with Gasteiger partial charge in [0.15, 0.2) is 13.6 Å². The van der Waals surface area contributed by atoms with Crippen LogP contribution in [0.25, 0.3) is 0 Å². The Balaban J connectivity index is 2.32. The van der Waals surface area contributed by atoms with Gasteiger partial charge in [-0.15, -0.1) is 0 Å². The molecule has 0 bridgehead atoms. The van der Waals surface area contributed by atoms with Gasteiger partial charge in [0.05, 0.1) is 10.4 Å². The Bertz CT molecular complexity index is 635. The Morgan fingerprint density at radius 2 is 2.61 bits per heavy atom. The predicted molar refractivity (Wildman–Crippen MR) is 70.3 cm³/mol. The van der Waals surface area contributed by atoms with Crippen molar-refractivity contribution in [2.45, 2.75) is 26.8 Å². The number of aliphatic hydroxyl groups excluding tert-OH is 1. The fraction of sp³-hybridized carbons (Fsp3) is 0.417. The largest absolute Gasteiger partial charge is 0.396 e. The van der Waals surface area contributed by atoms with Crippen LogP contribution in [-0.4, -0.2) is 23.1 Å². The third-order valence-electron chi connectivity index (χ3n) is 2.60. The second-order valence-corrected chi connectivity index (χ2v) is 4.81. The highest BCUT2D eigenvalue weighted by molar-refractivity contribution is 7.09. The Kier molecular flexibility index (Phi) is 2.83. The molecule has 0 unspecified atom stereocenters. The van der Waals surface area contributed by atoms with Gasteiger partial charge in [-0.3, -0.25) is 0 Å². The van der Waals surface area contributed by atoms with Crippen molar-refractivity contribution in [1.29, 1.82) is 1.43 Å². The summed E-state index contributed by atoms with van der Waals surface area (Å²) in [6.07, 6.45) is 2.18. The molecule has 2 aromatic heterocycles. The van der Waals surface area contributed by atoms with Gasteiger partial charge >= 0.3 is 0 Å². The number of nitrogen functional groups attached to an aromatic ring is 1. The number of rotatable bonds is 5. The summed E-state index contributed by atoms with van der Waals surface area (Å²) < 4.78 is 24.2. The first-order valence-electron chi connectivity index (χ1n) is 7.14. The number of nitrogens with two attached hydrogens (primary N) is 1. The molecule has 0 radical (unpaired) electrons. The van der Waals surface area contributed by atoms with Crippen molar-refractivity contribution >= 4 is 17.2 Å². The first-order chi connectivity index (χ1) is 10.1. The fourth-order valence-electron chi connectivity index (χ4n) is 1.60. The number of aryl methyl sites for hydroxylation is 1. The van der Waals surface area contributed by atoms with Crippen molar-refractivity contribution in [2.75, 3.05) is 12.3 Å². The average molecular weight is 268 g/mol. The molecule has 2 heterocycles. The molecule has 0 saturated heterocycles. The normalized spacial score (nSPS) is 13.1. The molecule has 2 aromatic rings. The van der Waals surface area contributed by atoms with E-state index < -0.39 is 0 Å². The standard InChI is InChI=1S/C12H17N4OS/c1-8-11(3-4-17)18-7-16(8)6-10-5-14-9(2)15-12(10)13/h5,7,17H,3-4,6H2,1-2H3,(H2,13,14,15)/q+1/i1D,7D,17D. The number of nitrogens with zero attached hydrogens (tertiary/aromatic N) is 3. The van der Waals surface area contributed by atoms with E-state index in [0.717, 1.165) is 16.1 Å². The van der Waals surface area contributed by atoms with Crippen LogP contribution in [0.5, 0.6) is 0 Å². The quantitative estimate of drug-likeness (QED) is 0.779. The van der Waals surface area contributed by atoms with Gasteiger partial charge in [-0.05, 0) is 6.92 Å². The molecule has 0 aliphatic rings. The average Bonchev–Trinajstić information content (AvgIpc) is 2.75. The summed E-state index contributed by atoms with van der Waals surface area (Å²) in [5.74, 6) is 0.999. The Labute approximate surface area is 114 Å². The first-order valence-corrected chi connectivity index (χ1v) is 6.34. The molecule has 0 amide bonds. The van der Waals surface area contributed by atoms with Crippen LogP contribution < -0.4 is 10.3 Å². The minimum Gasteiger partial charge on any atom is -0.396 e. The lowest BCUT2D eigenvalue weighted by Gasteiger charge is -2.01. The molecule has 2 rings (SSSR count). The van der Waals surface area contributed by atoms with Crippen LogP contribution in [0.2, 0.25) is 0 Å². The minimum absolute atomic E-state index is 0.0648. The molecule has 0 atom stereocenters. The second kappa shape index (κ2) is 5.41. The molecule has 0 spiro atoms. The van der Waals surface area contributed by atoms with Gasteiger partial charge in [-0.25, -0.2) is 9.97 Å². The number of aliphatic hydroxyl groups is 1. The third-order valence-corrected chi connectivity index (χ3v) is 3.60. The molecule has 6 heteroatoms. The van der Waals surface area contributed by atoms with E-state index in [2.05, 4.69) is 15.1 Å². The van der Waals surface area contributed by atoms with Crippen molar-refractivity contribution in [3.63, 3.8) is 0 Å². The number of aromatic nitrogens is 3. The molecule has 0 fully saturated rings. The molecular formula is C12H17N4OS+. The van der Waals surface area contributed by atoms with Crippen LogP contribution in [-0.2, 0) is 13.0 Å². The summed E-state index contributed by atoms with van der Waals surface area (Å²) in [6.45, 7) is 2.46. The second-order valence-electron chi connectivity index (χ2n) is 3.93. The zero-order chi connectivity index (χ0) is 15.4. The van der Waals surface area contributed by atoms with E-state index in [1.807, 2.05) is 0 Å². The van der Waals surface area contributed by atoms with Gasteiger partial charge in [0.1, 0.15) is 11.6 Å². The van der Waals surface area contributed by atoms with Gasteiger partial charge in [0.2, 0.25) is 6.92 Å². The van der Waals surface area contributed by atoms with E-state index in [4.69, 9.17) is 9.91 Å². The van der Waals surface area contributed by atoms with E-state index >= 15 is 0 Å².